The predicted octanol–water partition coefficient (Wildman–Crippen LogP) is 5.57. The van der Waals surface area contributed by atoms with Crippen molar-refractivity contribution < 1.29 is 23.5 Å². The van der Waals surface area contributed by atoms with E-state index in [9.17, 15) is 14.4 Å². The molecule has 8 nitrogen and oxygen atoms in total. The van der Waals surface area contributed by atoms with E-state index in [1.807, 2.05) is 42.5 Å². The standard InChI is InChI=1S/C26H23N3O5S2/c1-2-33-22(30)15-19-16-35-26(28-19)29-25(32)23(17-7-4-3-5-8-17)36-20-12-10-18(11-13-20)27-24(31)21-9-6-14-34-21/h3-14,16,23H,2,15H2,1H3,(H,27,31)(H,28,29,32). The third kappa shape index (κ3) is 6.83. The molecule has 2 aromatic heterocycles. The maximum atomic E-state index is 13.3. The molecule has 0 radical (unpaired) electrons. The highest BCUT2D eigenvalue weighted by atomic mass is 32.2. The number of carbonyl (C=O) groups is 3. The van der Waals surface area contributed by atoms with E-state index in [1.165, 1.54) is 29.4 Å². The highest BCUT2D eigenvalue weighted by Gasteiger charge is 2.23. The second-order valence-corrected chi connectivity index (χ2v) is 9.52. The summed E-state index contributed by atoms with van der Waals surface area (Å²) < 4.78 is 10.1. The molecule has 4 rings (SSSR count). The van der Waals surface area contributed by atoms with Crippen LogP contribution in [-0.4, -0.2) is 29.4 Å². The van der Waals surface area contributed by atoms with E-state index in [4.69, 9.17) is 9.15 Å². The van der Waals surface area contributed by atoms with E-state index in [2.05, 4.69) is 15.6 Å². The van der Waals surface area contributed by atoms with Crippen molar-refractivity contribution in [1.82, 2.24) is 4.98 Å². The first-order valence-electron chi connectivity index (χ1n) is 11.1. The van der Waals surface area contributed by atoms with Crippen molar-refractivity contribution in [1.29, 1.82) is 0 Å². The van der Waals surface area contributed by atoms with Gasteiger partial charge in [-0.2, -0.15) is 0 Å². The molecule has 0 spiro atoms. The van der Waals surface area contributed by atoms with Crippen LogP contribution in [0.2, 0.25) is 0 Å². The molecule has 0 saturated heterocycles. The average Bonchev–Trinajstić information content (AvgIpc) is 3.57. The number of ether oxygens (including phenoxy) is 1. The van der Waals surface area contributed by atoms with Crippen molar-refractivity contribution in [3.63, 3.8) is 0 Å². The number of aromatic nitrogens is 1. The molecule has 1 atom stereocenters. The number of hydrogen-bond donors (Lipinski definition) is 2. The van der Waals surface area contributed by atoms with Crippen LogP contribution in [-0.2, 0) is 20.7 Å². The highest BCUT2D eigenvalue weighted by molar-refractivity contribution is 8.00. The summed E-state index contributed by atoms with van der Waals surface area (Å²) in [5.74, 6) is -0.713. The maximum absolute atomic E-state index is 13.3. The van der Waals surface area contributed by atoms with E-state index < -0.39 is 5.25 Å². The second kappa shape index (κ2) is 12.2. The Hall–Kier alpha value is -3.89. The zero-order chi connectivity index (χ0) is 25.3. The van der Waals surface area contributed by atoms with Gasteiger partial charge in [0.15, 0.2) is 10.9 Å². The number of thiazole rings is 1. The van der Waals surface area contributed by atoms with Gasteiger partial charge in [-0.15, -0.1) is 23.1 Å². The molecule has 0 bridgehead atoms. The van der Waals surface area contributed by atoms with Crippen molar-refractivity contribution in [2.24, 2.45) is 0 Å². The smallest absolute Gasteiger partial charge is 0.311 e. The highest BCUT2D eigenvalue weighted by Crippen LogP contribution is 2.37. The van der Waals surface area contributed by atoms with Crippen LogP contribution < -0.4 is 10.6 Å². The number of nitrogens with one attached hydrogen (secondary N) is 2. The Morgan fingerprint density at radius 2 is 1.81 bits per heavy atom. The summed E-state index contributed by atoms with van der Waals surface area (Å²) in [5.41, 5.74) is 1.99. The van der Waals surface area contributed by atoms with Gasteiger partial charge in [0.2, 0.25) is 5.91 Å². The van der Waals surface area contributed by atoms with Gasteiger partial charge in [-0.3, -0.25) is 14.4 Å². The summed E-state index contributed by atoms with van der Waals surface area (Å²) in [7, 11) is 0. The predicted molar refractivity (Wildman–Crippen MR) is 139 cm³/mol. The van der Waals surface area contributed by atoms with Crippen LogP contribution in [0.4, 0.5) is 10.8 Å². The molecule has 0 aliphatic heterocycles. The molecule has 10 heteroatoms. The Bertz CT molecular complexity index is 1310. The topological polar surface area (TPSA) is 111 Å². The fourth-order valence-electron chi connectivity index (χ4n) is 3.23. The quantitative estimate of drug-likeness (QED) is 0.207. The molecule has 0 aliphatic rings. The van der Waals surface area contributed by atoms with Crippen LogP contribution in [0.1, 0.15) is 34.0 Å². The number of rotatable bonds is 10. The molecule has 2 aromatic carbocycles. The van der Waals surface area contributed by atoms with Gasteiger partial charge in [-0.1, -0.05) is 30.3 Å². The second-order valence-electron chi connectivity index (χ2n) is 7.48. The van der Waals surface area contributed by atoms with Crippen LogP contribution in [0.5, 0.6) is 0 Å². The lowest BCUT2D eigenvalue weighted by molar-refractivity contribution is -0.142. The SMILES string of the molecule is CCOC(=O)Cc1csc(NC(=O)C(Sc2ccc(NC(=O)c3ccco3)cc2)c2ccccc2)n1. The lowest BCUT2D eigenvalue weighted by Gasteiger charge is -2.16. The van der Waals surface area contributed by atoms with Gasteiger partial charge < -0.3 is 19.8 Å². The van der Waals surface area contributed by atoms with E-state index >= 15 is 0 Å². The third-order valence-electron chi connectivity index (χ3n) is 4.86. The third-order valence-corrected chi connectivity index (χ3v) is 6.94. The van der Waals surface area contributed by atoms with Crippen LogP contribution >= 0.6 is 23.1 Å². The van der Waals surface area contributed by atoms with E-state index in [0.717, 1.165) is 10.5 Å². The van der Waals surface area contributed by atoms with Crippen LogP contribution in [0, 0.1) is 0 Å². The van der Waals surface area contributed by atoms with Gasteiger partial charge in [0.05, 0.1) is 25.0 Å². The van der Waals surface area contributed by atoms with Crippen molar-refractivity contribution in [2.45, 2.75) is 23.5 Å². The molecule has 0 saturated carbocycles. The maximum Gasteiger partial charge on any atom is 0.311 e. The number of anilines is 2. The minimum absolute atomic E-state index is 0.0554. The summed E-state index contributed by atoms with van der Waals surface area (Å²) in [5, 5.41) is 7.24. The molecule has 184 valence electrons. The zero-order valence-electron chi connectivity index (χ0n) is 19.3. The fourth-order valence-corrected chi connectivity index (χ4v) is 4.97. The van der Waals surface area contributed by atoms with Crippen molar-refractivity contribution in [3.8, 4) is 0 Å². The molecular weight excluding hydrogens is 498 g/mol. The summed E-state index contributed by atoms with van der Waals surface area (Å²) in [6.45, 7) is 2.05. The molecular formula is C26H23N3O5S2. The monoisotopic (exact) mass is 521 g/mol. The van der Waals surface area contributed by atoms with Gasteiger partial charge in [-0.25, -0.2) is 4.98 Å². The van der Waals surface area contributed by atoms with Crippen molar-refractivity contribution >= 4 is 51.7 Å². The molecule has 2 heterocycles. The largest absolute Gasteiger partial charge is 0.466 e. The Balaban J connectivity index is 1.44. The Morgan fingerprint density at radius 1 is 1.03 bits per heavy atom. The van der Waals surface area contributed by atoms with E-state index in [-0.39, 0.29) is 30.0 Å². The number of amides is 2. The van der Waals surface area contributed by atoms with Crippen LogP contribution in [0.15, 0.2) is 87.7 Å². The summed E-state index contributed by atoms with van der Waals surface area (Å²) in [4.78, 5) is 42.4. The van der Waals surface area contributed by atoms with Gasteiger partial charge in [-0.05, 0) is 48.9 Å². The first-order chi connectivity index (χ1) is 17.5. The van der Waals surface area contributed by atoms with E-state index in [1.54, 1.807) is 36.6 Å². The van der Waals surface area contributed by atoms with E-state index in [0.29, 0.717) is 23.1 Å². The lowest BCUT2D eigenvalue weighted by atomic mass is 10.1. The molecule has 36 heavy (non-hydrogen) atoms. The van der Waals surface area contributed by atoms with Gasteiger partial charge in [0.1, 0.15) is 5.25 Å². The average molecular weight is 522 g/mol. The van der Waals surface area contributed by atoms with Gasteiger partial charge in [0.25, 0.3) is 5.91 Å². The number of thioether (sulfide) groups is 1. The molecule has 2 N–H and O–H groups in total. The van der Waals surface area contributed by atoms with Crippen LogP contribution in [0.25, 0.3) is 0 Å². The van der Waals surface area contributed by atoms with Gasteiger partial charge in [0, 0.05) is 16.0 Å². The Labute approximate surface area is 216 Å². The minimum Gasteiger partial charge on any atom is -0.466 e. The molecule has 0 aliphatic carbocycles. The summed E-state index contributed by atoms with van der Waals surface area (Å²) in [6, 6.07) is 19.9. The lowest BCUT2D eigenvalue weighted by Crippen LogP contribution is -2.19. The Morgan fingerprint density at radius 3 is 2.50 bits per heavy atom. The first kappa shape index (κ1) is 25.2. The normalized spacial score (nSPS) is 11.5. The number of hydrogen-bond acceptors (Lipinski definition) is 8. The first-order valence-corrected chi connectivity index (χ1v) is 12.8. The number of nitrogens with zero attached hydrogens (tertiary/aromatic N) is 1. The molecule has 0 fully saturated rings. The fraction of sp³-hybridized carbons (Fsp3) is 0.154. The number of furan rings is 1. The molecule has 4 aromatic rings. The Kier molecular flexibility index (Phi) is 8.53. The summed E-state index contributed by atoms with van der Waals surface area (Å²) in [6.07, 6.45) is 1.50. The minimum atomic E-state index is -0.549. The number of benzene rings is 2. The van der Waals surface area contributed by atoms with Crippen molar-refractivity contribution in [3.05, 3.63) is 95.4 Å². The number of esters is 1. The van der Waals surface area contributed by atoms with Gasteiger partial charge >= 0.3 is 5.97 Å². The summed E-state index contributed by atoms with van der Waals surface area (Å²) >= 11 is 2.63. The zero-order valence-corrected chi connectivity index (χ0v) is 20.9. The van der Waals surface area contributed by atoms with Crippen molar-refractivity contribution in [2.75, 3.05) is 17.2 Å². The molecule has 1 unspecified atom stereocenters. The molecule has 2 amide bonds. The van der Waals surface area contributed by atoms with Crippen LogP contribution in [0.3, 0.4) is 0 Å². The number of carbonyl (C=O) groups excluding carboxylic acids is 3.